The average Bonchev–Trinajstić information content (AvgIpc) is 2.28. The maximum Gasteiger partial charge on any atom is 0.0811 e. The van der Waals surface area contributed by atoms with Gasteiger partial charge in [0.05, 0.1) is 5.60 Å². The van der Waals surface area contributed by atoms with Gasteiger partial charge in [-0.1, -0.05) is 25.0 Å². The van der Waals surface area contributed by atoms with Gasteiger partial charge in [-0.05, 0) is 38.6 Å². The van der Waals surface area contributed by atoms with E-state index < -0.39 is 5.60 Å². The largest absolute Gasteiger partial charge is 0.396 e. The van der Waals surface area contributed by atoms with Gasteiger partial charge >= 0.3 is 0 Å². The zero-order chi connectivity index (χ0) is 12.5. The third-order valence-electron chi connectivity index (χ3n) is 4.13. The fourth-order valence-corrected chi connectivity index (χ4v) is 3.35. The van der Waals surface area contributed by atoms with Crippen molar-refractivity contribution in [1.82, 2.24) is 4.90 Å². The fourth-order valence-electron chi connectivity index (χ4n) is 3.35. The lowest BCUT2D eigenvalue weighted by molar-refractivity contribution is -0.0641. The molecule has 0 bridgehead atoms. The second-order valence-corrected chi connectivity index (χ2v) is 6.00. The molecule has 2 fully saturated rings. The van der Waals surface area contributed by atoms with E-state index in [1.807, 2.05) is 13.8 Å². The summed E-state index contributed by atoms with van der Waals surface area (Å²) in [7, 11) is 0. The first-order chi connectivity index (χ1) is 8.03. The predicted octanol–water partition coefficient (Wildman–Crippen LogP) is 1.55. The van der Waals surface area contributed by atoms with E-state index in [0.717, 1.165) is 25.9 Å². The number of nitrogens with zero attached hydrogens (tertiary/aromatic N) is 1. The number of aliphatic hydroxyl groups is 2. The molecule has 2 heterocycles. The molecular weight excluding hydrogens is 214 g/mol. The molecular formula is C14H25NO2. The lowest BCUT2D eigenvalue weighted by atomic mass is 9.78. The summed E-state index contributed by atoms with van der Waals surface area (Å²) < 4.78 is 0. The minimum atomic E-state index is -0.598. The Labute approximate surface area is 104 Å². The number of rotatable bonds is 2. The Bertz CT molecular complexity index is 299. The molecule has 0 aromatic heterocycles. The second-order valence-electron chi connectivity index (χ2n) is 6.00. The van der Waals surface area contributed by atoms with Gasteiger partial charge in [0.1, 0.15) is 0 Å². The van der Waals surface area contributed by atoms with E-state index in [-0.39, 0.29) is 12.5 Å². The van der Waals surface area contributed by atoms with Crippen LogP contribution in [0.5, 0.6) is 0 Å². The predicted molar refractivity (Wildman–Crippen MR) is 68.8 cm³/mol. The first-order valence-corrected chi connectivity index (χ1v) is 6.80. The Morgan fingerprint density at radius 2 is 2.29 bits per heavy atom. The molecule has 2 N–H and O–H groups in total. The van der Waals surface area contributed by atoms with Crippen molar-refractivity contribution in [2.24, 2.45) is 5.92 Å². The highest BCUT2D eigenvalue weighted by Crippen LogP contribution is 2.36. The van der Waals surface area contributed by atoms with Crippen LogP contribution in [0.25, 0.3) is 0 Å². The molecule has 0 aliphatic carbocycles. The molecule has 98 valence electrons. The van der Waals surface area contributed by atoms with Crippen LogP contribution in [-0.4, -0.2) is 46.5 Å². The van der Waals surface area contributed by atoms with Gasteiger partial charge in [0.15, 0.2) is 0 Å². The van der Waals surface area contributed by atoms with Gasteiger partial charge in [0.2, 0.25) is 0 Å². The summed E-state index contributed by atoms with van der Waals surface area (Å²) in [5.74, 6) is 0.196. The zero-order valence-electron chi connectivity index (χ0n) is 11.0. The molecule has 2 rings (SSSR count). The van der Waals surface area contributed by atoms with Crippen molar-refractivity contribution >= 4 is 0 Å². The fraction of sp³-hybridized carbons (Fsp3) is 0.857. The van der Waals surface area contributed by atoms with Gasteiger partial charge in [0, 0.05) is 19.2 Å². The van der Waals surface area contributed by atoms with Crippen molar-refractivity contribution in [2.75, 3.05) is 19.7 Å². The van der Waals surface area contributed by atoms with Crippen LogP contribution >= 0.6 is 0 Å². The molecule has 3 atom stereocenters. The quantitative estimate of drug-likeness (QED) is 0.719. The zero-order valence-corrected chi connectivity index (χ0v) is 11.0. The summed E-state index contributed by atoms with van der Waals surface area (Å²) in [4.78, 5) is 2.42. The summed E-state index contributed by atoms with van der Waals surface area (Å²) in [5, 5.41) is 19.7. The van der Waals surface area contributed by atoms with Crippen molar-refractivity contribution in [3.63, 3.8) is 0 Å². The van der Waals surface area contributed by atoms with E-state index in [0.29, 0.717) is 6.04 Å². The topological polar surface area (TPSA) is 43.7 Å². The lowest BCUT2D eigenvalue weighted by Gasteiger charge is -2.49. The minimum Gasteiger partial charge on any atom is -0.396 e. The highest BCUT2D eigenvalue weighted by Gasteiger charge is 2.42. The van der Waals surface area contributed by atoms with Crippen LogP contribution in [0.3, 0.4) is 0 Å². The minimum absolute atomic E-state index is 0.190. The summed E-state index contributed by atoms with van der Waals surface area (Å²) in [6.45, 7) is 6.25. The van der Waals surface area contributed by atoms with Gasteiger partial charge < -0.3 is 10.2 Å². The molecule has 0 radical (unpaired) electrons. The van der Waals surface area contributed by atoms with Crippen LogP contribution in [0, 0.1) is 5.92 Å². The maximum absolute atomic E-state index is 10.6. The van der Waals surface area contributed by atoms with E-state index in [2.05, 4.69) is 11.0 Å². The summed E-state index contributed by atoms with van der Waals surface area (Å²) >= 11 is 0. The average molecular weight is 239 g/mol. The lowest BCUT2D eigenvalue weighted by Crippen LogP contribution is -2.57. The van der Waals surface area contributed by atoms with Crippen LogP contribution in [0.2, 0.25) is 0 Å². The first kappa shape index (κ1) is 13.1. The SMILES string of the molecule is CC(/C=C1\CN2CCCCC2C(C)(O)C1)CO. The highest BCUT2D eigenvalue weighted by atomic mass is 16.3. The third-order valence-corrected chi connectivity index (χ3v) is 4.13. The van der Waals surface area contributed by atoms with Gasteiger partial charge in [0.25, 0.3) is 0 Å². The van der Waals surface area contributed by atoms with Crippen molar-refractivity contribution in [3.8, 4) is 0 Å². The van der Waals surface area contributed by atoms with Gasteiger partial charge in [-0.15, -0.1) is 0 Å². The number of piperidine rings is 2. The molecule has 0 spiro atoms. The van der Waals surface area contributed by atoms with Crippen molar-refractivity contribution < 1.29 is 10.2 Å². The molecule has 2 aliphatic rings. The molecule has 3 heteroatoms. The molecule has 3 nitrogen and oxygen atoms in total. The monoisotopic (exact) mass is 239 g/mol. The van der Waals surface area contributed by atoms with E-state index in [1.165, 1.54) is 18.4 Å². The van der Waals surface area contributed by atoms with Gasteiger partial charge in [-0.25, -0.2) is 0 Å². The molecule has 0 aromatic carbocycles. The molecule has 2 saturated heterocycles. The molecule has 2 aliphatic heterocycles. The van der Waals surface area contributed by atoms with Crippen LogP contribution in [0.4, 0.5) is 0 Å². The number of hydrogen-bond donors (Lipinski definition) is 2. The van der Waals surface area contributed by atoms with Crippen molar-refractivity contribution in [3.05, 3.63) is 11.6 Å². The Kier molecular flexibility index (Phi) is 3.91. The maximum atomic E-state index is 10.6. The van der Waals surface area contributed by atoms with Crippen molar-refractivity contribution in [1.29, 1.82) is 0 Å². The van der Waals surface area contributed by atoms with E-state index >= 15 is 0 Å². The Balaban J connectivity index is 2.12. The normalized spacial score (nSPS) is 39.1. The standard InChI is InChI=1S/C14H25NO2/c1-11(10-16)7-12-8-14(2,17)13-5-3-4-6-15(13)9-12/h7,11,13,16-17H,3-6,8-10H2,1-2H3/b12-7-. The molecule has 3 unspecified atom stereocenters. The van der Waals surface area contributed by atoms with Crippen LogP contribution in [-0.2, 0) is 0 Å². The van der Waals surface area contributed by atoms with E-state index in [9.17, 15) is 5.11 Å². The van der Waals surface area contributed by atoms with Gasteiger partial charge in [-0.3, -0.25) is 4.90 Å². The Hall–Kier alpha value is -0.380. The first-order valence-electron chi connectivity index (χ1n) is 6.80. The smallest absolute Gasteiger partial charge is 0.0811 e. The molecule has 0 aromatic rings. The second kappa shape index (κ2) is 5.09. The number of aliphatic hydroxyl groups excluding tert-OH is 1. The van der Waals surface area contributed by atoms with Gasteiger partial charge in [-0.2, -0.15) is 0 Å². The summed E-state index contributed by atoms with van der Waals surface area (Å²) in [5.41, 5.74) is 0.689. The molecule has 0 amide bonds. The highest BCUT2D eigenvalue weighted by molar-refractivity contribution is 5.17. The number of fused-ring (bicyclic) bond motifs is 1. The van der Waals surface area contributed by atoms with Crippen molar-refractivity contribution in [2.45, 2.75) is 51.2 Å². The van der Waals surface area contributed by atoms with Crippen LogP contribution < -0.4 is 0 Å². The summed E-state index contributed by atoms with van der Waals surface area (Å²) in [6.07, 6.45) is 6.51. The molecule has 0 saturated carbocycles. The Morgan fingerprint density at radius 1 is 1.53 bits per heavy atom. The van der Waals surface area contributed by atoms with Crippen LogP contribution in [0.15, 0.2) is 11.6 Å². The third kappa shape index (κ3) is 2.90. The number of hydrogen-bond acceptors (Lipinski definition) is 3. The van der Waals surface area contributed by atoms with Crippen LogP contribution in [0.1, 0.15) is 39.5 Å². The molecule has 17 heavy (non-hydrogen) atoms. The van der Waals surface area contributed by atoms with E-state index in [1.54, 1.807) is 0 Å². The summed E-state index contributed by atoms with van der Waals surface area (Å²) in [6, 6.07) is 0.331. The Morgan fingerprint density at radius 3 is 3.00 bits per heavy atom. The van der Waals surface area contributed by atoms with E-state index in [4.69, 9.17) is 5.11 Å².